The first-order valence-electron chi connectivity index (χ1n) is 17.5. The first kappa shape index (κ1) is 30.0. The van der Waals surface area contributed by atoms with E-state index >= 15 is 0 Å². The van der Waals surface area contributed by atoms with Gasteiger partial charge in [-0.3, -0.25) is 0 Å². The van der Waals surface area contributed by atoms with Gasteiger partial charge in [0.2, 0.25) is 0 Å². The van der Waals surface area contributed by atoms with Crippen molar-refractivity contribution >= 4 is 11.8 Å². The van der Waals surface area contributed by atoms with Crippen molar-refractivity contribution in [3.05, 3.63) is 191 Å². The Morgan fingerprint density at radius 3 is 1.80 bits per heavy atom. The van der Waals surface area contributed by atoms with Crippen LogP contribution in [0.25, 0.3) is 56.4 Å². The lowest BCUT2D eigenvalue weighted by molar-refractivity contribution is 0.278. The number of benzene rings is 6. The SMILES string of the molecule is CC12CC=CC=C1Sc1ccccc1C21c2ccccc2-c2c(-c3nc(-c4ccccc4)nc(-c4ccc(-c5ccccc5)cc4)n3)cccc21. The zero-order valence-electron chi connectivity index (χ0n) is 28.1. The molecule has 1 aliphatic heterocycles. The summed E-state index contributed by atoms with van der Waals surface area (Å²) in [5.41, 5.74) is 11.2. The molecule has 3 aliphatic rings. The maximum atomic E-state index is 5.28. The van der Waals surface area contributed by atoms with Gasteiger partial charge in [0.05, 0.1) is 5.41 Å². The van der Waals surface area contributed by atoms with Gasteiger partial charge in [0, 0.05) is 27.0 Å². The fraction of sp³-hybridized carbons (Fsp3) is 0.0851. The van der Waals surface area contributed by atoms with Gasteiger partial charge in [-0.1, -0.05) is 183 Å². The van der Waals surface area contributed by atoms with E-state index in [0.29, 0.717) is 17.5 Å². The molecule has 1 spiro atoms. The van der Waals surface area contributed by atoms with E-state index in [1.165, 1.54) is 43.2 Å². The Bertz CT molecular complexity index is 2540. The molecule has 51 heavy (non-hydrogen) atoms. The number of allylic oxidation sites excluding steroid dienone is 4. The van der Waals surface area contributed by atoms with Crippen LogP contribution < -0.4 is 0 Å². The molecule has 0 saturated carbocycles. The van der Waals surface area contributed by atoms with Gasteiger partial charge < -0.3 is 0 Å². The molecule has 2 unspecified atom stereocenters. The van der Waals surface area contributed by atoms with E-state index in [1.807, 2.05) is 36.0 Å². The van der Waals surface area contributed by atoms with Crippen LogP contribution in [0.3, 0.4) is 0 Å². The Morgan fingerprint density at radius 2 is 1.04 bits per heavy atom. The molecule has 2 aliphatic carbocycles. The maximum absolute atomic E-state index is 5.28. The third-order valence-corrected chi connectivity index (χ3v) is 12.4. The second kappa shape index (κ2) is 11.6. The molecular weight excluding hydrogens is 639 g/mol. The molecule has 0 saturated heterocycles. The van der Waals surface area contributed by atoms with Crippen molar-refractivity contribution in [1.82, 2.24) is 15.0 Å². The fourth-order valence-electron chi connectivity index (χ4n) is 8.69. The predicted octanol–water partition coefficient (Wildman–Crippen LogP) is 11.8. The van der Waals surface area contributed by atoms with Crippen LogP contribution in [-0.4, -0.2) is 15.0 Å². The lowest BCUT2D eigenvalue weighted by Gasteiger charge is -2.53. The predicted molar refractivity (Wildman–Crippen MR) is 209 cm³/mol. The fourth-order valence-corrected chi connectivity index (χ4v) is 10.0. The Kier molecular flexibility index (Phi) is 6.84. The average molecular weight is 672 g/mol. The van der Waals surface area contributed by atoms with Gasteiger partial charge in [0.1, 0.15) is 0 Å². The second-order valence-electron chi connectivity index (χ2n) is 13.7. The minimum Gasteiger partial charge on any atom is -0.208 e. The number of aromatic nitrogens is 3. The summed E-state index contributed by atoms with van der Waals surface area (Å²) in [6.07, 6.45) is 7.86. The highest BCUT2D eigenvalue weighted by Crippen LogP contribution is 2.71. The highest BCUT2D eigenvalue weighted by Gasteiger charge is 2.61. The normalized spacial score (nSPS) is 19.5. The van der Waals surface area contributed by atoms with E-state index in [4.69, 9.17) is 15.0 Å². The molecule has 1 aromatic heterocycles. The van der Waals surface area contributed by atoms with Crippen LogP contribution in [0.5, 0.6) is 0 Å². The van der Waals surface area contributed by atoms with Gasteiger partial charge in [-0.25, -0.2) is 15.0 Å². The lowest BCUT2D eigenvalue weighted by atomic mass is 9.53. The highest BCUT2D eigenvalue weighted by atomic mass is 32.2. The summed E-state index contributed by atoms with van der Waals surface area (Å²) in [4.78, 5) is 18.3. The van der Waals surface area contributed by atoms with Crippen molar-refractivity contribution in [2.45, 2.75) is 23.7 Å². The van der Waals surface area contributed by atoms with Crippen molar-refractivity contribution in [2.75, 3.05) is 0 Å². The summed E-state index contributed by atoms with van der Waals surface area (Å²) in [6, 6.07) is 54.1. The largest absolute Gasteiger partial charge is 0.208 e. The van der Waals surface area contributed by atoms with Gasteiger partial charge in [0.25, 0.3) is 0 Å². The van der Waals surface area contributed by atoms with E-state index in [1.54, 1.807) is 0 Å². The summed E-state index contributed by atoms with van der Waals surface area (Å²) in [6.45, 7) is 2.47. The zero-order valence-corrected chi connectivity index (χ0v) is 28.9. The standard InChI is InChI=1S/C47H33N3S/c1-46-30-13-12-25-41(46)51-40-24-11-10-22-38(40)47(46)37-21-9-8-19-35(37)42-36(20-14-23-39(42)47)45-49-43(33-17-6-3-7-18-33)48-44(50-45)34-28-26-32(27-29-34)31-15-4-2-5-16-31/h2-29H,30H2,1H3. The zero-order chi connectivity index (χ0) is 34.0. The van der Waals surface area contributed by atoms with Gasteiger partial charge in [-0.05, 0) is 56.3 Å². The quantitative estimate of drug-likeness (QED) is 0.187. The molecular formula is C47H33N3S. The molecule has 10 rings (SSSR count). The third kappa shape index (κ3) is 4.43. The van der Waals surface area contributed by atoms with Crippen molar-refractivity contribution in [2.24, 2.45) is 5.41 Å². The molecule has 7 aromatic rings. The molecule has 0 fully saturated rings. The number of hydrogen-bond acceptors (Lipinski definition) is 4. The number of nitrogens with zero attached hydrogens (tertiary/aromatic N) is 3. The minimum absolute atomic E-state index is 0.180. The van der Waals surface area contributed by atoms with Gasteiger partial charge in [0.15, 0.2) is 17.5 Å². The molecule has 6 aromatic carbocycles. The van der Waals surface area contributed by atoms with E-state index in [2.05, 4.69) is 153 Å². The van der Waals surface area contributed by atoms with Crippen molar-refractivity contribution < 1.29 is 0 Å². The minimum atomic E-state index is -0.390. The number of hydrogen-bond donors (Lipinski definition) is 0. The molecule has 0 bridgehead atoms. The topological polar surface area (TPSA) is 38.7 Å². The molecule has 4 heteroatoms. The smallest absolute Gasteiger partial charge is 0.164 e. The Balaban J connectivity index is 1.22. The third-order valence-electron chi connectivity index (χ3n) is 11.0. The van der Waals surface area contributed by atoms with Crippen molar-refractivity contribution in [1.29, 1.82) is 0 Å². The Hall–Kier alpha value is -5.84. The van der Waals surface area contributed by atoms with Crippen molar-refractivity contribution in [3.8, 4) is 56.4 Å². The van der Waals surface area contributed by atoms with E-state index in [0.717, 1.165) is 28.7 Å². The number of fused-ring (bicyclic) bond motifs is 9. The van der Waals surface area contributed by atoms with E-state index < -0.39 is 5.41 Å². The number of rotatable bonds is 4. The molecule has 3 nitrogen and oxygen atoms in total. The second-order valence-corrected chi connectivity index (χ2v) is 14.8. The van der Waals surface area contributed by atoms with Crippen LogP contribution in [0.2, 0.25) is 0 Å². The maximum Gasteiger partial charge on any atom is 0.164 e. The summed E-state index contributed by atoms with van der Waals surface area (Å²) in [7, 11) is 0. The average Bonchev–Trinajstić information content (AvgIpc) is 3.51. The molecule has 2 atom stereocenters. The van der Waals surface area contributed by atoms with Gasteiger partial charge in [-0.2, -0.15) is 0 Å². The lowest BCUT2D eigenvalue weighted by Crippen LogP contribution is -2.48. The van der Waals surface area contributed by atoms with Crippen LogP contribution in [0.1, 0.15) is 30.0 Å². The number of thioether (sulfide) groups is 1. The first-order valence-corrected chi connectivity index (χ1v) is 18.3. The monoisotopic (exact) mass is 671 g/mol. The van der Waals surface area contributed by atoms with Gasteiger partial charge >= 0.3 is 0 Å². The molecule has 0 amide bonds. The van der Waals surface area contributed by atoms with Crippen molar-refractivity contribution in [3.63, 3.8) is 0 Å². The molecule has 0 N–H and O–H groups in total. The summed E-state index contributed by atoms with van der Waals surface area (Å²) in [5, 5.41) is 0. The molecule has 242 valence electrons. The van der Waals surface area contributed by atoms with E-state index in [9.17, 15) is 0 Å². The Labute approximate surface area is 302 Å². The summed E-state index contributed by atoms with van der Waals surface area (Å²) in [5.74, 6) is 2.00. The van der Waals surface area contributed by atoms with Crippen LogP contribution in [0.15, 0.2) is 180 Å². The molecule has 2 heterocycles. The van der Waals surface area contributed by atoms with Gasteiger partial charge in [-0.15, -0.1) is 0 Å². The highest BCUT2D eigenvalue weighted by molar-refractivity contribution is 8.03. The van der Waals surface area contributed by atoms with Crippen LogP contribution in [0, 0.1) is 5.41 Å². The van der Waals surface area contributed by atoms with Crippen LogP contribution >= 0.6 is 11.8 Å². The van der Waals surface area contributed by atoms with E-state index in [-0.39, 0.29) is 5.41 Å². The molecule has 0 radical (unpaired) electrons. The summed E-state index contributed by atoms with van der Waals surface area (Å²) >= 11 is 1.93. The van der Waals surface area contributed by atoms with Crippen LogP contribution in [-0.2, 0) is 5.41 Å². The Morgan fingerprint density at radius 1 is 0.490 bits per heavy atom. The summed E-state index contributed by atoms with van der Waals surface area (Å²) < 4.78 is 0. The van der Waals surface area contributed by atoms with Crippen LogP contribution in [0.4, 0.5) is 0 Å². The first-order chi connectivity index (χ1) is 25.1.